The normalized spacial score (nSPS) is 15.0. The summed E-state index contributed by atoms with van der Waals surface area (Å²) >= 11 is 0. The van der Waals surface area contributed by atoms with E-state index in [4.69, 9.17) is 9.47 Å². The Balaban J connectivity index is 1.32. The molecule has 0 saturated heterocycles. The van der Waals surface area contributed by atoms with Gasteiger partial charge in [0.2, 0.25) is 0 Å². The zero-order valence-corrected chi connectivity index (χ0v) is 15.1. The summed E-state index contributed by atoms with van der Waals surface area (Å²) in [6.45, 7) is 0.943. The van der Waals surface area contributed by atoms with E-state index in [1.165, 1.54) is 18.3 Å². The molecule has 1 aliphatic heterocycles. The van der Waals surface area contributed by atoms with E-state index in [1.54, 1.807) is 22.9 Å². The average Bonchev–Trinajstić information content (AvgIpc) is 3.16. The highest BCUT2D eigenvalue weighted by atomic mass is 19.1. The molecule has 4 rings (SSSR count). The smallest absolute Gasteiger partial charge is 0.414 e. The highest BCUT2D eigenvalue weighted by Gasteiger charge is 2.28. The minimum absolute atomic E-state index is 0.221. The van der Waals surface area contributed by atoms with Crippen LogP contribution in [0.4, 0.5) is 10.2 Å². The quantitative estimate of drug-likeness (QED) is 0.384. The van der Waals surface area contributed by atoms with Crippen LogP contribution in [0, 0.1) is 27.8 Å². The topological polar surface area (TPSA) is 92.3 Å². The monoisotopic (exact) mass is 394 g/mol. The second-order valence-corrected chi connectivity index (χ2v) is 6.33. The SMILES string of the molecule is O=[N+]([O-])c1cn2c(n1)OC[C@@H](OCc1ccc(C#Cc3ccc(F)cc3)cn1)C2. The second kappa shape index (κ2) is 8.08. The van der Waals surface area contributed by atoms with Crippen molar-refractivity contribution in [3.63, 3.8) is 0 Å². The number of imidazole rings is 1. The molecule has 3 aromatic rings. The number of fused-ring (bicyclic) bond motifs is 1. The highest BCUT2D eigenvalue weighted by Crippen LogP contribution is 2.22. The Morgan fingerprint density at radius 1 is 1.24 bits per heavy atom. The number of benzene rings is 1. The van der Waals surface area contributed by atoms with E-state index in [9.17, 15) is 14.5 Å². The van der Waals surface area contributed by atoms with Crippen LogP contribution < -0.4 is 4.74 Å². The third-order valence-corrected chi connectivity index (χ3v) is 4.20. The Bertz CT molecular complexity index is 1080. The van der Waals surface area contributed by atoms with Gasteiger partial charge in [-0.15, -0.1) is 0 Å². The summed E-state index contributed by atoms with van der Waals surface area (Å²) in [6, 6.07) is 9.82. The van der Waals surface area contributed by atoms with E-state index < -0.39 is 4.92 Å². The number of pyridine rings is 1. The lowest BCUT2D eigenvalue weighted by Crippen LogP contribution is -2.32. The van der Waals surface area contributed by atoms with Gasteiger partial charge in [0.25, 0.3) is 0 Å². The largest absolute Gasteiger partial charge is 0.443 e. The van der Waals surface area contributed by atoms with Gasteiger partial charge < -0.3 is 19.6 Å². The van der Waals surface area contributed by atoms with Gasteiger partial charge in [-0.05, 0) is 41.3 Å². The number of halogens is 1. The molecule has 0 unspecified atom stereocenters. The summed E-state index contributed by atoms with van der Waals surface area (Å²) in [4.78, 5) is 18.4. The Hall–Kier alpha value is -3.77. The lowest BCUT2D eigenvalue weighted by molar-refractivity contribution is -0.389. The highest BCUT2D eigenvalue weighted by molar-refractivity contribution is 5.41. The molecule has 1 atom stereocenters. The van der Waals surface area contributed by atoms with Crippen LogP contribution >= 0.6 is 0 Å². The van der Waals surface area contributed by atoms with Crippen molar-refractivity contribution in [1.29, 1.82) is 0 Å². The molecule has 0 saturated carbocycles. The van der Waals surface area contributed by atoms with Crippen molar-refractivity contribution in [2.24, 2.45) is 0 Å². The molecule has 1 aliphatic rings. The van der Waals surface area contributed by atoms with Crippen LogP contribution in [0.15, 0.2) is 48.8 Å². The van der Waals surface area contributed by atoms with Crippen LogP contribution in [0.2, 0.25) is 0 Å². The van der Waals surface area contributed by atoms with Gasteiger partial charge in [0.1, 0.15) is 24.7 Å². The first kappa shape index (κ1) is 18.6. The number of hydrogen-bond donors (Lipinski definition) is 0. The molecular formula is C20H15FN4O4. The Kier molecular flexibility index (Phi) is 5.18. The second-order valence-electron chi connectivity index (χ2n) is 6.33. The summed E-state index contributed by atoms with van der Waals surface area (Å²) in [5.41, 5.74) is 2.17. The van der Waals surface area contributed by atoms with Gasteiger partial charge in [0.05, 0.1) is 18.8 Å². The molecule has 8 nitrogen and oxygen atoms in total. The molecule has 0 fully saturated rings. The van der Waals surface area contributed by atoms with Crippen molar-refractivity contribution in [2.75, 3.05) is 6.61 Å². The Labute approximate surface area is 165 Å². The number of hydrogen-bond acceptors (Lipinski definition) is 6. The first-order valence-electron chi connectivity index (χ1n) is 8.75. The molecule has 3 heterocycles. The third kappa shape index (κ3) is 4.56. The van der Waals surface area contributed by atoms with Crippen LogP contribution in [0.1, 0.15) is 16.8 Å². The zero-order chi connectivity index (χ0) is 20.2. The molecule has 0 spiro atoms. The number of nitro groups is 1. The molecule has 146 valence electrons. The van der Waals surface area contributed by atoms with Crippen LogP contribution in [-0.2, 0) is 17.9 Å². The lowest BCUT2D eigenvalue weighted by atomic mass is 10.2. The summed E-state index contributed by atoms with van der Waals surface area (Å²) in [6.07, 6.45) is 2.71. The van der Waals surface area contributed by atoms with Crippen LogP contribution in [0.5, 0.6) is 6.01 Å². The third-order valence-electron chi connectivity index (χ3n) is 4.20. The fourth-order valence-corrected chi connectivity index (χ4v) is 2.72. The van der Waals surface area contributed by atoms with Gasteiger partial charge in [-0.1, -0.05) is 11.8 Å². The van der Waals surface area contributed by atoms with E-state index in [0.717, 1.165) is 16.8 Å². The predicted octanol–water partition coefficient (Wildman–Crippen LogP) is 2.70. The van der Waals surface area contributed by atoms with Gasteiger partial charge in [-0.25, -0.2) is 4.39 Å². The number of rotatable bonds is 4. The predicted molar refractivity (Wildman–Crippen MR) is 99.6 cm³/mol. The van der Waals surface area contributed by atoms with Crippen molar-refractivity contribution in [2.45, 2.75) is 19.3 Å². The Morgan fingerprint density at radius 2 is 2.00 bits per heavy atom. The fourth-order valence-electron chi connectivity index (χ4n) is 2.72. The van der Waals surface area contributed by atoms with Gasteiger partial charge in [-0.3, -0.25) is 9.55 Å². The molecule has 0 bridgehead atoms. The van der Waals surface area contributed by atoms with E-state index in [1.807, 2.05) is 12.1 Å². The van der Waals surface area contributed by atoms with Gasteiger partial charge in [-0.2, -0.15) is 0 Å². The maximum Gasteiger partial charge on any atom is 0.414 e. The number of nitrogens with zero attached hydrogens (tertiary/aromatic N) is 4. The van der Waals surface area contributed by atoms with Crippen LogP contribution in [0.25, 0.3) is 0 Å². The summed E-state index contributed by atoms with van der Waals surface area (Å²) in [5.74, 6) is 5.38. The van der Waals surface area contributed by atoms with Crippen molar-refractivity contribution in [3.05, 3.63) is 81.5 Å². The van der Waals surface area contributed by atoms with Crippen LogP contribution in [-0.4, -0.2) is 32.2 Å². The molecule has 2 aromatic heterocycles. The van der Waals surface area contributed by atoms with Crippen molar-refractivity contribution in [3.8, 4) is 17.9 Å². The lowest BCUT2D eigenvalue weighted by Gasteiger charge is -2.22. The number of aromatic nitrogens is 3. The van der Waals surface area contributed by atoms with Gasteiger partial charge >= 0.3 is 11.8 Å². The van der Waals surface area contributed by atoms with Gasteiger partial charge in [0.15, 0.2) is 0 Å². The molecule has 1 aromatic carbocycles. The van der Waals surface area contributed by atoms with Crippen LogP contribution in [0.3, 0.4) is 0 Å². The van der Waals surface area contributed by atoms with Gasteiger partial charge in [0, 0.05) is 22.3 Å². The van der Waals surface area contributed by atoms with E-state index in [2.05, 4.69) is 21.8 Å². The van der Waals surface area contributed by atoms with E-state index in [-0.39, 0.29) is 37.0 Å². The van der Waals surface area contributed by atoms with E-state index in [0.29, 0.717) is 6.54 Å². The van der Waals surface area contributed by atoms with Crippen molar-refractivity contribution < 1.29 is 18.8 Å². The zero-order valence-electron chi connectivity index (χ0n) is 15.1. The average molecular weight is 394 g/mol. The molecule has 0 amide bonds. The standard InChI is InChI=1S/C20H15FN4O4/c21-16-6-3-14(4-7-16)1-2-15-5-8-17(22-9-15)12-28-18-10-24-11-19(25(26)27)23-20(24)29-13-18/h3-9,11,18H,10,12-13H2/t18-/m0/s1. The molecule has 29 heavy (non-hydrogen) atoms. The molecule has 9 heteroatoms. The summed E-state index contributed by atoms with van der Waals surface area (Å²) in [7, 11) is 0. The minimum atomic E-state index is -0.561. The van der Waals surface area contributed by atoms with Crippen molar-refractivity contribution in [1.82, 2.24) is 14.5 Å². The maximum atomic E-state index is 12.9. The molecular weight excluding hydrogens is 379 g/mol. The molecule has 0 radical (unpaired) electrons. The first-order valence-corrected chi connectivity index (χ1v) is 8.75. The maximum absolute atomic E-state index is 12.9. The Morgan fingerprint density at radius 3 is 2.72 bits per heavy atom. The summed E-state index contributed by atoms with van der Waals surface area (Å²) < 4.78 is 25.7. The minimum Gasteiger partial charge on any atom is -0.443 e. The summed E-state index contributed by atoms with van der Waals surface area (Å²) in [5, 5.41) is 10.8. The van der Waals surface area contributed by atoms with Crippen molar-refractivity contribution >= 4 is 5.82 Å². The molecule has 0 N–H and O–H groups in total. The van der Waals surface area contributed by atoms with E-state index >= 15 is 0 Å². The number of ether oxygens (including phenoxy) is 2. The first-order chi connectivity index (χ1) is 14.1. The molecule has 0 aliphatic carbocycles. The fraction of sp³-hybridized carbons (Fsp3) is 0.200.